The first-order valence-corrected chi connectivity index (χ1v) is 9.34. The predicted octanol–water partition coefficient (Wildman–Crippen LogP) is 4.53. The molecule has 4 rings (SSSR count). The van der Waals surface area contributed by atoms with Crippen LogP contribution in [0, 0.1) is 5.82 Å². The number of anilines is 1. The molecule has 1 saturated heterocycles. The Bertz CT molecular complexity index is 913. The minimum atomic E-state index is -0.222. The molecule has 3 nitrogen and oxygen atoms in total. The second-order valence-corrected chi connectivity index (χ2v) is 7.06. The third kappa shape index (κ3) is 3.17. The number of pyridine rings is 1. The Morgan fingerprint density at radius 2 is 1.81 bits per heavy atom. The molecule has 0 bridgehead atoms. The monoisotopic (exact) mass is 349 g/mol. The first-order chi connectivity index (χ1) is 12.7. The maximum atomic E-state index is 13.3. The van der Waals surface area contributed by atoms with E-state index in [1.54, 1.807) is 0 Å². The minimum Gasteiger partial charge on any atom is -0.356 e. The molecule has 2 aromatic carbocycles. The lowest BCUT2D eigenvalue weighted by Crippen LogP contribution is -2.40. The van der Waals surface area contributed by atoms with Crippen LogP contribution < -0.4 is 10.6 Å². The van der Waals surface area contributed by atoms with Crippen molar-refractivity contribution in [2.75, 3.05) is 18.0 Å². The van der Waals surface area contributed by atoms with E-state index in [2.05, 4.69) is 30.0 Å². The molecular formula is C22H24FN3. The minimum absolute atomic E-state index is 0.222. The highest BCUT2D eigenvalue weighted by Gasteiger charge is 2.20. The molecule has 2 N–H and O–H groups in total. The molecule has 0 aliphatic carbocycles. The molecule has 0 unspecified atom stereocenters. The number of fused-ring (bicyclic) bond motifs is 1. The van der Waals surface area contributed by atoms with Gasteiger partial charge in [0.1, 0.15) is 11.6 Å². The fourth-order valence-corrected chi connectivity index (χ4v) is 3.72. The van der Waals surface area contributed by atoms with Crippen LogP contribution in [0.15, 0.2) is 48.7 Å². The molecular weight excluding hydrogens is 325 g/mol. The fourth-order valence-electron chi connectivity index (χ4n) is 3.72. The van der Waals surface area contributed by atoms with E-state index in [-0.39, 0.29) is 5.82 Å². The lowest BCUT2D eigenvalue weighted by Gasteiger charge is -2.32. The molecule has 1 aromatic heterocycles. The van der Waals surface area contributed by atoms with Crippen LogP contribution in [-0.4, -0.2) is 24.1 Å². The number of benzene rings is 2. The third-order valence-corrected chi connectivity index (χ3v) is 5.33. The Hall–Kier alpha value is -2.46. The zero-order chi connectivity index (χ0) is 18.1. The zero-order valence-corrected chi connectivity index (χ0v) is 15.1. The van der Waals surface area contributed by atoms with Gasteiger partial charge in [0.15, 0.2) is 0 Å². The molecule has 0 spiro atoms. The number of nitrogens with zero attached hydrogens (tertiary/aromatic N) is 2. The SMILES string of the molecule is CCc1ccc2c(-c3ccc(F)cc3)cnc(N3CCC(N)CC3)c2c1. The molecule has 1 aliphatic rings. The Morgan fingerprint density at radius 1 is 1.08 bits per heavy atom. The van der Waals surface area contributed by atoms with Gasteiger partial charge in [-0.2, -0.15) is 0 Å². The van der Waals surface area contributed by atoms with Gasteiger partial charge in [-0.15, -0.1) is 0 Å². The highest BCUT2D eigenvalue weighted by atomic mass is 19.1. The summed E-state index contributed by atoms with van der Waals surface area (Å²) in [6.45, 7) is 4.04. The molecule has 3 aromatic rings. The molecule has 0 amide bonds. The van der Waals surface area contributed by atoms with Gasteiger partial charge in [-0.3, -0.25) is 0 Å². The second kappa shape index (κ2) is 7.04. The third-order valence-electron chi connectivity index (χ3n) is 5.33. The fraction of sp³-hybridized carbons (Fsp3) is 0.318. The molecule has 2 heterocycles. The smallest absolute Gasteiger partial charge is 0.136 e. The summed E-state index contributed by atoms with van der Waals surface area (Å²) in [6.07, 6.45) is 4.90. The van der Waals surface area contributed by atoms with Crippen LogP contribution in [0.25, 0.3) is 21.9 Å². The summed E-state index contributed by atoms with van der Waals surface area (Å²) in [4.78, 5) is 7.17. The van der Waals surface area contributed by atoms with Gasteiger partial charge < -0.3 is 10.6 Å². The van der Waals surface area contributed by atoms with Crippen molar-refractivity contribution < 1.29 is 4.39 Å². The van der Waals surface area contributed by atoms with Crippen molar-refractivity contribution in [1.82, 2.24) is 4.98 Å². The summed E-state index contributed by atoms with van der Waals surface area (Å²) in [6, 6.07) is 13.5. The quantitative estimate of drug-likeness (QED) is 0.755. The number of rotatable bonds is 3. The standard InChI is InChI=1S/C22H24FN3/c1-2-15-3-8-19-20(13-15)22(26-11-9-18(24)10-12-26)25-14-21(19)16-4-6-17(23)7-5-16/h3-8,13-14,18H,2,9-12,24H2,1H3. The summed E-state index contributed by atoms with van der Waals surface area (Å²) in [7, 11) is 0. The Kier molecular flexibility index (Phi) is 4.60. The maximum absolute atomic E-state index is 13.3. The predicted molar refractivity (Wildman–Crippen MR) is 106 cm³/mol. The largest absolute Gasteiger partial charge is 0.356 e. The molecule has 26 heavy (non-hydrogen) atoms. The van der Waals surface area contributed by atoms with Crippen LogP contribution in [0.5, 0.6) is 0 Å². The van der Waals surface area contributed by atoms with E-state index in [1.807, 2.05) is 18.3 Å². The van der Waals surface area contributed by atoms with E-state index in [9.17, 15) is 4.39 Å². The summed E-state index contributed by atoms with van der Waals surface area (Å²) < 4.78 is 13.3. The Morgan fingerprint density at radius 3 is 2.50 bits per heavy atom. The number of aromatic nitrogens is 1. The summed E-state index contributed by atoms with van der Waals surface area (Å²) in [5.74, 6) is 0.814. The summed E-state index contributed by atoms with van der Waals surface area (Å²) in [5.41, 5.74) is 9.39. The van der Waals surface area contributed by atoms with Crippen molar-refractivity contribution in [2.45, 2.75) is 32.2 Å². The molecule has 134 valence electrons. The summed E-state index contributed by atoms with van der Waals surface area (Å²) >= 11 is 0. The van der Waals surface area contributed by atoms with Crippen molar-refractivity contribution in [2.24, 2.45) is 5.73 Å². The Balaban J connectivity index is 1.86. The van der Waals surface area contributed by atoms with Gasteiger partial charge in [-0.1, -0.05) is 31.2 Å². The molecule has 0 atom stereocenters. The second-order valence-electron chi connectivity index (χ2n) is 7.06. The number of halogens is 1. The van der Waals surface area contributed by atoms with Crippen molar-refractivity contribution in [1.29, 1.82) is 0 Å². The van der Waals surface area contributed by atoms with E-state index in [0.29, 0.717) is 6.04 Å². The van der Waals surface area contributed by atoms with Gasteiger partial charge in [-0.05, 0) is 54.0 Å². The van der Waals surface area contributed by atoms with Crippen LogP contribution in [0.2, 0.25) is 0 Å². The number of aryl methyl sites for hydroxylation is 1. The molecule has 0 radical (unpaired) electrons. The number of piperidine rings is 1. The van der Waals surface area contributed by atoms with Crippen molar-refractivity contribution >= 4 is 16.6 Å². The summed E-state index contributed by atoms with van der Waals surface area (Å²) in [5, 5.41) is 2.33. The lowest BCUT2D eigenvalue weighted by molar-refractivity contribution is 0.499. The van der Waals surface area contributed by atoms with Crippen LogP contribution in [-0.2, 0) is 6.42 Å². The van der Waals surface area contributed by atoms with E-state index in [4.69, 9.17) is 10.7 Å². The normalized spacial score (nSPS) is 15.6. The number of hydrogen-bond acceptors (Lipinski definition) is 3. The van der Waals surface area contributed by atoms with E-state index < -0.39 is 0 Å². The molecule has 1 aliphatic heterocycles. The average molecular weight is 349 g/mol. The van der Waals surface area contributed by atoms with Gasteiger partial charge in [0.25, 0.3) is 0 Å². The average Bonchev–Trinajstić information content (AvgIpc) is 2.68. The number of hydrogen-bond donors (Lipinski definition) is 1. The molecule has 0 saturated carbocycles. The topological polar surface area (TPSA) is 42.2 Å². The van der Waals surface area contributed by atoms with E-state index >= 15 is 0 Å². The highest BCUT2D eigenvalue weighted by molar-refractivity contribution is 6.02. The van der Waals surface area contributed by atoms with Gasteiger partial charge in [0.2, 0.25) is 0 Å². The maximum Gasteiger partial charge on any atom is 0.136 e. The molecule has 4 heteroatoms. The lowest BCUT2D eigenvalue weighted by atomic mass is 9.97. The van der Waals surface area contributed by atoms with Gasteiger partial charge in [-0.25, -0.2) is 9.37 Å². The Labute approximate surface area is 153 Å². The first-order valence-electron chi connectivity index (χ1n) is 9.34. The van der Waals surface area contributed by atoms with Gasteiger partial charge in [0.05, 0.1) is 0 Å². The van der Waals surface area contributed by atoms with Crippen molar-refractivity contribution in [3.8, 4) is 11.1 Å². The van der Waals surface area contributed by atoms with Gasteiger partial charge >= 0.3 is 0 Å². The zero-order valence-electron chi connectivity index (χ0n) is 15.1. The van der Waals surface area contributed by atoms with Gasteiger partial charge in [0, 0.05) is 36.3 Å². The van der Waals surface area contributed by atoms with E-state index in [1.165, 1.54) is 23.1 Å². The van der Waals surface area contributed by atoms with Crippen LogP contribution in [0.3, 0.4) is 0 Å². The first kappa shape index (κ1) is 17.0. The van der Waals surface area contributed by atoms with Crippen LogP contribution >= 0.6 is 0 Å². The van der Waals surface area contributed by atoms with E-state index in [0.717, 1.165) is 54.7 Å². The van der Waals surface area contributed by atoms with Crippen LogP contribution in [0.4, 0.5) is 10.2 Å². The number of nitrogens with two attached hydrogens (primary N) is 1. The van der Waals surface area contributed by atoms with Crippen molar-refractivity contribution in [3.63, 3.8) is 0 Å². The van der Waals surface area contributed by atoms with Crippen molar-refractivity contribution in [3.05, 3.63) is 60.0 Å². The van der Waals surface area contributed by atoms with Crippen LogP contribution in [0.1, 0.15) is 25.3 Å². The molecule has 1 fully saturated rings. The highest BCUT2D eigenvalue weighted by Crippen LogP contribution is 2.35.